The molecule has 0 saturated carbocycles. The lowest BCUT2D eigenvalue weighted by Crippen LogP contribution is -2.21. The molecule has 1 nitrogen and oxygen atoms in total. The van der Waals surface area contributed by atoms with Crippen LogP contribution in [-0.2, 0) is 0 Å². The van der Waals surface area contributed by atoms with Gasteiger partial charge in [0, 0.05) is 5.57 Å². The first-order valence-electron chi connectivity index (χ1n) is 8.93. The summed E-state index contributed by atoms with van der Waals surface area (Å²) in [5, 5.41) is 10.1. The molecular formula is C21H28OS. The highest BCUT2D eigenvalue weighted by atomic mass is 32.1. The number of allylic oxidation sites excluding steroid dienone is 2. The van der Waals surface area contributed by atoms with Gasteiger partial charge in [0.25, 0.3) is 0 Å². The summed E-state index contributed by atoms with van der Waals surface area (Å²) >= 11 is 5.50. The van der Waals surface area contributed by atoms with Crippen molar-refractivity contribution in [1.82, 2.24) is 0 Å². The van der Waals surface area contributed by atoms with Crippen LogP contribution in [0.5, 0.6) is 0 Å². The third-order valence-corrected chi connectivity index (χ3v) is 4.87. The average molecular weight is 329 g/mol. The summed E-state index contributed by atoms with van der Waals surface area (Å²) in [5.41, 5.74) is 3.47. The summed E-state index contributed by atoms with van der Waals surface area (Å²) in [5.74, 6) is 0. The number of aliphatic hydroxyl groups excluding tert-OH is 1. The summed E-state index contributed by atoms with van der Waals surface area (Å²) in [6, 6.07) is 10.2. The third kappa shape index (κ3) is 5.40. The van der Waals surface area contributed by atoms with Gasteiger partial charge in [-0.05, 0) is 24.0 Å². The molecule has 2 rings (SSSR count). The lowest BCUT2D eigenvalue weighted by atomic mass is 9.87. The molecule has 1 atom stereocenters. The fraction of sp³-hybridized carbons (Fsp3) is 0.476. The molecule has 124 valence electrons. The Bertz CT molecular complexity index is 556. The number of rotatable bonds is 9. The molecule has 0 saturated heterocycles. The van der Waals surface area contributed by atoms with Gasteiger partial charge in [0.1, 0.15) is 6.10 Å². The number of aliphatic hydroxyl groups is 1. The molecule has 0 spiro atoms. The SMILES string of the molecule is CCCCCCCCCC1=C(c2ccccc2)C(=S)C(O)C=C1. The maximum atomic E-state index is 10.1. The number of benzene rings is 1. The zero-order valence-electron chi connectivity index (χ0n) is 14.1. The van der Waals surface area contributed by atoms with Crippen LogP contribution in [0.15, 0.2) is 48.1 Å². The molecule has 1 aromatic carbocycles. The largest absolute Gasteiger partial charge is 0.383 e. The lowest BCUT2D eigenvalue weighted by Gasteiger charge is -2.21. The monoisotopic (exact) mass is 328 g/mol. The Labute approximate surface area is 146 Å². The molecule has 2 heteroatoms. The van der Waals surface area contributed by atoms with Gasteiger partial charge in [-0.15, -0.1) is 0 Å². The van der Waals surface area contributed by atoms with E-state index in [0.717, 1.165) is 17.6 Å². The van der Waals surface area contributed by atoms with Gasteiger partial charge < -0.3 is 5.11 Å². The van der Waals surface area contributed by atoms with Gasteiger partial charge in [-0.3, -0.25) is 0 Å². The van der Waals surface area contributed by atoms with Crippen molar-refractivity contribution in [2.24, 2.45) is 0 Å². The predicted molar refractivity (Wildman–Crippen MR) is 104 cm³/mol. The van der Waals surface area contributed by atoms with E-state index in [-0.39, 0.29) is 0 Å². The van der Waals surface area contributed by atoms with Crippen molar-refractivity contribution in [1.29, 1.82) is 0 Å². The Morgan fingerprint density at radius 2 is 1.61 bits per heavy atom. The maximum Gasteiger partial charge on any atom is 0.108 e. The maximum absolute atomic E-state index is 10.1. The zero-order valence-corrected chi connectivity index (χ0v) is 14.9. The topological polar surface area (TPSA) is 20.2 Å². The molecule has 1 aliphatic rings. The molecule has 1 N–H and O–H groups in total. The Morgan fingerprint density at radius 1 is 0.957 bits per heavy atom. The van der Waals surface area contributed by atoms with Gasteiger partial charge in [0.2, 0.25) is 0 Å². The number of hydrogen-bond donors (Lipinski definition) is 1. The highest BCUT2D eigenvalue weighted by molar-refractivity contribution is 7.81. The third-order valence-electron chi connectivity index (χ3n) is 4.43. The average Bonchev–Trinajstić information content (AvgIpc) is 2.58. The first-order chi connectivity index (χ1) is 11.2. The van der Waals surface area contributed by atoms with Gasteiger partial charge in [-0.2, -0.15) is 0 Å². The summed E-state index contributed by atoms with van der Waals surface area (Å²) < 4.78 is 0. The van der Waals surface area contributed by atoms with Crippen molar-refractivity contribution in [3.8, 4) is 0 Å². The van der Waals surface area contributed by atoms with E-state index in [1.165, 1.54) is 50.5 Å². The minimum absolute atomic E-state index is 0.627. The summed E-state index contributed by atoms with van der Waals surface area (Å²) in [6.45, 7) is 2.25. The summed E-state index contributed by atoms with van der Waals surface area (Å²) in [7, 11) is 0. The second kappa shape index (κ2) is 9.79. The van der Waals surface area contributed by atoms with E-state index in [4.69, 9.17) is 12.2 Å². The highest BCUT2D eigenvalue weighted by Crippen LogP contribution is 2.30. The first-order valence-corrected chi connectivity index (χ1v) is 9.34. The molecule has 23 heavy (non-hydrogen) atoms. The number of unbranched alkanes of at least 4 members (excludes halogenated alkanes) is 6. The van der Waals surface area contributed by atoms with E-state index in [1.807, 2.05) is 24.3 Å². The minimum Gasteiger partial charge on any atom is -0.383 e. The minimum atomic E-state index is -0.627. The highest BCUT2D eigenvalue weighted by Gasteiger charge is 2.21. The van der Waals surface area contributed by atoms with Crippen molar-refractivity contribution in [3.63, 3.8) is 0 Å². The Balaban J connectivity index is 1.97. The van der Waals surface area contributed by atoms with Crippen LogP contribution < -0.4 is 0 Å². The van der Waals surface area contributed by atoms with Gasteiger partial charge in [-0.1, -0.05) is 100 Å². The van der Waals surface area contributed by atoms with Gasteiger partial charge >= 0.3 is 0 Å². The van der Waals surface area contributed by atoms with E-state index in [1.54, 1.807) is 0 Å². The predicted octanol–water partition coefficient (Wildman–Crippen LogP) is 5.88. The second-order valence-electron chi connectivity index (χ2n) is 6.31. The molecular weight excluding hydrogens is 300 g/mol. The molecule has 0 radical (unpaired) electrons. The van der Waals surface area contributed by atoms with Crippen LogP contribution in [0.2, 0.25) is 0 Å². The first kappa shape index (κ1) is 18.1. The number of hydrogen-bond acceptors (Lipinski definition) is 2. The van der Waals surface area contributed by atoms with Crippen molar-refractivity contribution < 1.29 is 5.11 Å². The molecule has 1 aromatic rings. The standard InChI is InChI=1S/C21H28OS/c1-2-3-4-5-6-7-9-14-18-15-16-19(22)21(23)20(18)17-12-10-8-11-13-17/h8,10-13,15-16,19,22H,2-7,9,14H2,1H3. The summed E-state index contributed by atoms with van der Waals surface area (Å²) in [6.07, 6.45) is 13.5. The van der Waals surface area contributed by atoms with E-state index >= 15 is 0 Å². The molecule has 0 fully saturated rings. The van der Waals surface area contributed by atoms with Crippen LogP contribution in [0.4, 0.5) is 0 Å². The molecule has 0 amide bonds. The van der Waals surface area contributed by atoms with Crippen LogP contribution in [0.25, 0.3) is 5.57 Å². The van der Waals surface area contributed by atoms with Gasteiger partial charge in [-0.25, -0.2) is 0 Å². The van der Waals surface area contributed by atoms with Crippen molar-refractivity contribution in [2.75, 3.05) is 0 Å². The fourth-order valence-electron chi connectivity index (χ4n) is 3.10. The number of thiocarbonyl (C=S) groups is 1. The van der Waals surface area contributed by atoms with Crippen LogP contribution in [0.1, 0.15) is 63.9 Å². The normalized spacial score (nSPS) is 17.8. The Hall–Kier alpha value is -1.25. The Kier molecular flexibility index (Phi) is 7.70. The van der Waals surface area contributed by atoms with Gasteiger partial charge in [0.15, 0.2) is 0 Å². The van der Waals surface area contributed by atoms with E-state index in [0.29, 0.717) is 4.86 Å². The van der Waals surface area contributed by atoms with E-state index < -0.39 is 6.10 Å². The second-order valence-corrected chi connectivity index (χ2v) is 6.75. The summed E-state index contributed by atoms with van der Waals surface area (Å²) in [4.78, 5) is 0.664. The van der Waals surface area contributed by atoms with Gasteiger partial charge in [0.05, 0.1) is 4.86 Å². The zero-order chi connectivity index (χ0) is 16.5. The smallest absolute Gasteiger partial charge is 0.108 e. The molecule has 0 aromatic heterocycles. The molecule has 1 aliphatic carbocycles. The Morgan fingerprint density at radius 3 is 2.30 bits per heavy atom. The van der Waals surface area contributed by atoms with Crippen molar-refractivity contribution in [2.45, 2.75) is 64.4 Å². The quantitative estimate of drug-likeness (QED) is 0.451. The van der Waals surface area contributed by atoms with Crippen molar-refractivity contribution >= 4 is 22.7 Å². The fourth-order valence-corrected chi connectivity index (χ4v) is 3.43. The van der Waals surface area contributed by atoms with Crippen molar-refractivity contribution in [3.05, 3.63) is 53.6 Å². The lowest BCUT2D eigenvalue weighted by molar-refractivity contribution is 0.292. The van der Waals surface area contributed by atoms with Crippen LogP contribution in [0, 0.1) is 0 Å². The van der Waals surface area contributed by atoms with Crippen LogP contribution in [0.3, 0.4) is 0 Å². The van der Waals surface area contributed by atoms with Crippen LogP contribution in [-0.4, -0.2) is 16.1 Å². The molecule has 0 bridgehead atoms. The molecule has 0 aliphatic heterocycles. The van der Waals surface area contributed by atoms with E-state index in [2.05, 4.69) is 25.1 Å². The molecule has 0 heterocycles. The van der Waals surface area contributed by atoms with Crippen LogP contribution >= 0.6 is 12.2 Å². The molecule has 1 unspecified atom stereocenters. The van der Waals surface area contributed by atoms with E-state index in [9.17, 15) is 5.11 Å².